The first-order valence-electron chi connectivity index (χ1n) is 11.2. The van der Waals surface area contributed by atoms with Gasteiger partial charge in [-0.3, -0.25) is 0 Å². The first-order valence-corrected chi connectivity index (χ1v) is 11.2. The number of guanidine groups is 1. The Labute approximate surface area is 199 Å². The van der Waals surface area contributed by atoms with E-state index in [1.54, 1.807) is 0 Å². The number of aliphatic imine (C=N–C) groups is 1. The Morgan fingerprint density at radius 1 is 1.27 bits per heavy atom. The van der Waals surface area contributed by atoms with E-state index in [1.807, 2.05) is 6.92 Å². The van der Waals surface area contributed by atoms with Crippen LogP contribution in [0.1, 0.15) is 58.6 Å². The molecule has 0 spiro atoms. The molecule has 1 saturated heterocycles. The molecule has 0 aromatic heterocycles. The number of fused-ring (bicyclic) bond motifs is 1. The van der Waals surface area contributed by atoms with Crippen molar-refractivity contribution in [2.45, 2.75) is 78.6 Å². The highest BCUT2D eigenvalue weighted by atomic mass is 127. The average molecular weight is 530 g/mol. The van der Waals surface area contributed by atoms with Gasteiger partial charge in [0.25, 0.3) is 0 Å². The summed E-state index contributed by atoms with van der Waals surface area (Å²) in [5.74, 6) is 2.78. The largest absolute Gasteiger partial charge is 0.494 e. The van der Waals surface area contributed by atoms with E-state index in [0.29, 0.717) is 25.2 Å². The Morgan fingerprint density at radius 3 is 2.63 bits per heavy atom. The van der Waals surface area contributed by atoms with Gasteiger partial charge in [-0.05, 0) is 59.6 Å². The third kappa shape index (κ3) is 6.64. The molecular formula is C23H39IN4O2. The molecule has 1 aromatic carbocycles. The summed E-state index contributed by atoms with van der Waals surface area (Å²) < 4.78 is 11.8. The van der Waals surface area contributed by atoms with Crippen LogP contribution in [-0.4, -0.2) is 55.3 Å². The second-order valence-electron chi connectivity index (χ2n) is 8.38. The summed E-state index contributed by atoms with van der Waals surface area (Å²) >= 11 is 0. The number of likely N-dealkylation sites (tertiary alicyclic amines) is 1. The van der Waals surface area contributed by atoms with Crippen LogP contribution < -0.4 is 20.1 Å². The minimum absolute atomic E-state index is 0. The standard InChI is InChI=1S/C23H38N4O2.HI/c1-6-24-23(26-20-8-10-27(11-9-20)16(3)4)25-15-19-14-22-18(12-17(5)29-22)13-21(19)28-7-2;/h13-14,16-17,20H,6-12,15H2,1-5H3,(H2,24,25,26);1H. The third-order valence-electron chi connectivity index (χ3n) is 5.73. The number of piperidine rings is 1. The molecule has 7 heteroatoms. The maximum atomic E-state index is 5.95. The summed E-state index contributed by atoms with van der Waals surface area (Å²) in [7, 11) is 0. The summed E-state index contributed by atoms with van der Waals surface area (Å²) in [6.45, 7) is 15.1. The number of hydrogen-bond acceptors (Lipinski definition) is 4. The Morgan fingerprint density at radius 2 is 2.00 bits per heavy atom. The van der Waals surface area contributed by atoms with Gasteiger partial charge in [-0.1, -0.05) is 0 Å². The Bertz CT molecular complexity index is 703. The first-order chi connectivity index (χ1) is 14.0. The lowest BCUT2D eigenvalue weighted by Gasteiger charge is -2.35. The lowest BCUT2D eigenvalue weighted by Crippen LogP contribution is -2.49. The minimum Gasteiger partial charge on any atom is -0.494 e. The molecule has 1 atom stereocenters. The van der Waals surface area contributed by atoms with Crippen molar-refractivity contribution in [1.82, 2.24) is 15.5 Å². The summed E-state index contributed by atoms with van der Waals surface area (Å²) in [4.78, 5) is 7.41. The summed E-state index contributed by atoms with van der Waals surface area (Å²) in [6.07, 6.45) is 3.47. The smallest absolute Gasteiger partial charge is 0.191 e. The van der Waals surface area contributed by atoms with Crippen LogP contribution in [0.3, 0.4) is 0 Å². The fourth-order valence-corrected chi connectivity index (χ4v) is 4.13. The predicted molar refractivity (Wildman–Crippen MR) is 135 cm³/mol. The summed E-state index contributed by atoms with van der Waals surface area (Å²) in [6, 6.07) is 5.34. The molecule has 6 nitrogen and oxygen atoms in total. The molecule has 170 valence electrons. The zero-order chi connectivity index (χ0) is 20.8. The molecule has 1 aromatic rings. The number of nitrogens with zero attached hydrogens (tertiary/aromatic N) is 2. The zero-order valence-corrected chi connectivity index (χ0v) is 21.5. The van der Waals surface area contributed by atoms with Crippen LogP contribution in [0.15, 0.2) is 17.1 Å². The van der Waals surface area contributed by atoms with Gasteiger partial charge in [-0.15, -0.1) is 24.0 Å². The molecule has 1 unspecified atom stereocenters. The van der Waals surface area contributed by atoms with Crippen molar-refractivity contribution in [3.63, 3.8) is 0 Å². The van der Waals surface area contributed by atoms with Gasteiger partial charge in [0.1, 0.15) is 17.6 Å². The first kappa shape index (κ1) is 25.0. The van der Waals surface area contributed by atoms with E-state index >= 15 is 0 Å². The molecule has 0 aliphatic carbocycles. The molecule has 0 radical (unpaired) electrons. The quantitative estimate of drug-likeness (QED) is 0.318. The van der Waals surface area contributed by atoms with Crippen LogP contribution in [-0.2, 0) is 13.0 Å². The van der Waals surface area contributed by atoms with Crippen LogP contribution in [0, 0.1) is 0 Å². The van der Waals surface area contributed by atoms with Gasteiger partial charge in [-0.2, -0.15) is 0 Å². The van der Waals surface area contributed by atoms with Gasteiger partial charge in [-0.25, -0.2) is 4.99 Å². The summed E-state index contributed by atoms with van der Waals surface area (Å²) in [5.41, 5.74) is 2.31. The Kier molecular flexibility index (Phi) is 10.0. The molecule has 3 rings (SSSR count). The maximum Gasteiger partial charge on any atom is 0.191 e. The van der Waals surface area contributed by atoms with E-state index in [9.17, 15) is 0 Å². The van der Waals surface area contributed by atoms with Crippen LogP contribution in [0.5, 0.6) is 11.5 Å². The van der Waals surface area contributed by atoms with Crippen molar-refractivity contribution in [3.05, 3.63) is 23.3 Å². The van der Waals surface area contributed by atoms with Gasteiger partial charge in [0.05, 0.1) is 13.2 Å². The number of rotatable bonds is 7. The third-order valence-corrected chi connectivity index (χ3v) is 5.73. The maximum absolute atomic E-state index is 5.95. The van der Waals surface area contributed by atoms with Gasteiger partial charge in [0, 0.05) is 49.3 Å². The van der Waals surface area contributed by atoms with Gasteiger partial charge < -0.3 is 25.0 Å². The average Bonchev–Trinajstić information content (AvgIpc) is 3.05. The lowest BCUT2D eigenvalue weighted by molar-refractivity contribution is 0.167. The van der Waals surface area contributed by atoms with E-state index in [4.69, 9.17) is 14.5 Å². The monoisotopic (exact) mass is 530 g/mol. The van der Waals surface area contributed by atoms with Crippen molar-refractivity contribution in [3.8, 4) is 11.5 Å². The second kappa shape index (κ2) is 12.0. The van der Waals surface area contributed by atoms with Crippen LogP contribution >= 0.6 is 24.0 Å². The Hall–Kier alpha value is -1.22. The van der Waals surface area contributed by atoms with Crippen LogP contribution in [0.2, 0.25) is 0 Å². The molecule has 1 fully saturated rings. The van der Waals surface area contributed by atoms with Gasteiger partial charge in [0.2, 0.25) is 0 Å². The van der Waals surface area contributed by atoms with E-state index in [-0.39, 0.29) is 30.1 Å². The minimum atomic E-state index is 0. The van der Waals surface area contributed by atoms with Crippen molar-refractivity contribution >= 4 is 29.9 Å². The normalized spacial score (nSPS) is 19.8. The van der Waals surface area contributed by atoms with Crippen molar-refractivity contribution in [2.24, 2.45) is 4.99 Å². The zero-order valence-electron chi connectivity index (χ0n) is 19.2. The van der Waals surface area contributed by atoms with Crippen molar-refractivity contribution in [2.75, 3.05) is 26.2 Å². The molecule has 2 aliphatic heterocycles. The highest BCUT2D eigenvalue weighted by Gasteiger charge is 2.23. The summed E-state index contributed by atoms with van der Waals surface area (Å²) in [5, 5.41) is 7.04. The van der Waals surface area contributed by atoms with Gasteiger partial charge in [0.15, 0.2) is 5.96 Å². The topological polar surface area (TPSA) is 58.1 Å². The second-order valence-corrected chi connectivity index (χ2v) is 8.38. The van der Waals surface area contributed by atoms with Crippen LogP contribution in [0.4, 0.5) is 0 Å². The number of hydrogen-bond donors (Lipinski definition) is 2. The number of halogens is 1. The molecule has 2 heterocycles. The van der Waals surface area contributed by atoms with Crippen molar-refractivity contribution < 1.29 is 9.47 Å². The van der Waals surface area contributed by atoms with E-state index < -0.39 is 0 Å². The molecule has 2 aliphatic rings. The van der Waals surface area contributed by atoms with Crippen LogP contribution in [0.25, 0.3) is 0 Å². The van der Waals surface area contributed by atoms with Gasteiger partial charge >= 0.3 is 0 Å². The fraction of sp³-hybridized carbons (Fsp3) is 0.696. The highest BCUT2D eigenvalue weighted by molar-refractivity contribution is 14.0. The highest BCUT2D eigenvalue weighted by Crippen LogP contribution is 2.35. The molecule has 0 saturated carbocycles. The molecule has 2 N–H and O–H groups in total. The van der Waals surface area contributed by atoms with E-state index in [0.717, 1.165) is 61.9 Å². The fourth-order valence-electron chi connectivity index (χ4n) is 4.13. The number of nitrogens with one attached hydrogen (secondary N) is 2. The molecular weight excluding hydrogens is 491 g/mol. The number of benzene rings is 1. The lowest BCUT2D eigenvalue weighted by atomic mass is 10.0. The van der Waals surface area contributed by atoms with E-state index in [2.05, 4.69) is 55.4 Å². The SMILES string of the molecule is CCNC(=NCc1cc2c(cc1OCC)CC(C)O2)NC1CCN(C(C)C)CC1.I. The molecule has 30 heavy (non-hydrogen) atoms. The molecule has 0 bridgehead atoms. The molecule has 0 amide bonds. The predicted octanol–water partition coefficient (Wildman–Crippen LogP) is 3.95. The Balaban J connectivity index is 0.00000320. The van der Waals surface area contributed by atoms with E-state index in [1.165, 1.54) is 5.56 Å². The van der Waals surface area contributed by atoms with Crippen molar-refractivity contribution in [1.29, 1.82) is 0 Å². The number of ether oxygens (including phenoxy) is 2.